The van der Waals surface area contributed by atoms with E-state index in [0.29, 0.717) is 6.04 Å². The molecule has 1 aliphatic heterocycles. The summed E-state index contributed by atoms with van der Waals surface area (Å²) in [6.07, 6.45) is 6.17. The first-order valence-electron chi connectivity index (χ1n) is 5.90. The third-order valence-corrected chi connectivity index (χ3v) is 3.19. The summed E-state index contributed by atoms with van der Waals surface area (Å²) in [6.45, 7) is 6.29. The van der Waals surface area contributed by atoms with Gasteiger partial charge in [0.15, 0.2) is 0 Å². The Morgan fingerprint density at radius 2 is 2.13 bits per heavy atom. The molecule has 0 N–H and O–H groups in total. The molecule has 0 radical (unpaired) electrons. The van der Waals surface area contributed by atoms with Gasteiger partial charge in [-0.05, 0) is 31.7 Å². The summed E-state index contributed by atoms with van der Waals surface area (Å²) in [4.78, 5) is 10.7. The summed E-state index contributed by atoms with van der Waals surface area (Å²) in [7, 11) is 0. The molecule has 3 rings (SSSR count). The molecular weight excluding hydrogens is 186 g/mol. The van der Waals surface area contributed by atoms with Crippen LogP contribution >= 0.6 is 0 Å². The zero-order chi connectivity index (χ0) is 10.8. The van der Waals surface area contributed by atoms with Crippen LogP contribution in [0.4, 0.5) is 5.82 Å². The highest BCUT2D eigenvalue weighted by molar-refractivity contribution is 5.44. The molecule has 2 aliphatic rings. The molecular formula is C12H19N3. The molecule has 3 heteroatoms. The largest absolute Gasteiger partial charge is 0.351 e. The molecule has 0 spiro atoms. The van der Waals surface area contributed by atoms with E-state index in [0.717, 1.165) is 17.8 Å². The van der Waals surface area contributed by atoms with Crippen molar-refractivity contribution in [3.63, 3.8) is 0 Å². The highest BCUT2D eigenvalue weighted by Gasteiger charge is 2.50. The van der Waals surface area contributed by atoms with Crippen LogP contribution in [0.3, 0.4) is 0 Å². The van der Waals surface area contributed by atoms with Gasteiger partial charge in [0.2, 0.25) is 0 Å². The average molecular weight is 205 g/mol. The van der Waals surface area contributed by atoms with Gasteiger partial charge >= 0.3 is 0 Å². The Morgan fingerprint density at radius 1 is 1.33 bits per heavy atom. The summed E-state index contributed by atoms with van der Waals surface area (Å²) in [5.41, 5.74) is 0. The number of hydrogen-bond donors (Lipinski definition) is 0. The molecule has 2 fully saturated rings. The first-order valence-corrected chi connectivity index (χ1v) is 5.90. The summed E-state index contributed by atoms with van der Waals surface area (Å²) in [6, 6.07) is 3.46. The summed E-state index contributed by atoms with van der Waals surface area (Å²) in [5, 5.41) is 0. The number of piperidine rings is 1. The van der Waals surface area contributed by atoms with Crippen LogP contribution in [-0.2, 0) is 0 Å². The standard InChI is InChI=1S/C10H13N3.C2H6/c1-7-4-8-5-9(8)13(7)10-2-3-11-6-12-10;1-2/h2-3,6-9H,4-5H2,1H3;1-2H3. The number of rotatable bonds is 1. The van der Waals surface area contributed by atoms with Crippen molar-refractivity contribution in [2.75, 3.05) is 4.90 Å². The molecule has 1 saturated heterocycles. The third-order valence-electron chi connectivity index (χ3n) is 3.19. The smallest absolute Gasteiger partial charge is 0.132 e. The highest BCUT2D eigenvalue weighted by Crippen LogP contribution is 2.48. The van der Waals surface area contributed by atoms with Crippen molar-refractivity contribution >= 4 is 5.82 Å². The number of hydrogen-bond acceptors (Lipinski definition) is 3. The molecule has 0 amide bonds. The van der Waals surface area contributed by atoms with E-state index in [1.54, 1.807) is 6.33 Å². The van der Waals surface area contributed by atoms with E-state index in [4.69, 9.17) is 0 Å². The first-order chi connectivity index (χ1) is 7.36. The predicted molar refractivity (Wildman–Crippen MR) is 61.8 cm³/mol. The number of aromatic nitrogens is 2. The van der Waals surface area contributed by atoms with Crippen molar-refractivity contribution in [1.82, 2.24) is 9.97 Å². The van der Waals surface area contributed by atoms with Gasteiger partial charge in [-0.3, -0.25) is 0 Å². The molecule has 3 unspecified atom stereocenters. The molecule has 3 nitrogen and oxygen atoms in total. The van der Waals surface area contributed by atoms with Crippen LogP contribution in [0, 0.1) is 5.92 Å². The fraction of sp³-hybridized carbons (Fsp3) is 0.667. The van der Waals surface area contributed by atoms with Crippen molar-refractivity contribution in [3.8, 4) is 0 Å². The van der Waals surface area contributed by atoms with Crippen LogP contribution in [0.25, 0.3) is 0 Å². The van der Waals surface area contributed by atoms with Crippen molar-refractivity contribution < 1.29 is 0 Å². The molecule has 0 bridgehead atoms. The van der Waals surface area contributed by atoms with Gasteiger partial charge in [-0.25, -0.2) is 9.97 Å². The third kappa shape index (κ3) is 1.83. The van der Waals surface area contributed by atoms with Gasteiger partial charge < -0.3 is 4.90 Å². The average Bonchev–Trinajstić information content (AvgIpc) is 2.95. The summed E-state index contributed by atoms with van der Waals surface area (Å²) >= 11 is 0. The lowest BCUT2D eigenvalue weighted by Gasteiger charge is -2.25. The number of anilines is 1. The molecule has 1 aromatic rings. The zero-order valence-corrected chi connectivity index (χ0v) is 9.72. The molecule has 82 valence electrons. The Bertz CT molecular complexity index is 310. The minimum atomic E-state index is 0.665. The fourth-order valence-electron chi connectivity index (χ4n) is 2.54. The molecule has 15 heavy (non-hydrogen) atoms. The van der Waals surface area contributed by atoms with Crippen LogP contribution in [0.5, 0.6) is 0 Å². The van der Waals surface area contributed by atoms with Gasteiger partial charge in [-0.15, -0.1) is 0 Å². The number of fused-ring (bicyclic) bond motifs is 1. The van der Waals surface area contributed by atoms with Crippen molar-refractivity contribution in [2.24, 2.45) is 5.92 Å². The Hall–Kier alpha value is -1.12. The first kappa shape index (κ1) is 10.4. The lowest BCUT2D eigenvalue weighted by atomic mass is 10.2. The SMILES string of the molecule is CC.CC1CC2CC2N1c1ccncn1. The molecule has 0 aromatic carbocycles. The van der Waals surface area contributed by atoms with E-state index in [9.17, 15) is 0 Å². The minimum Gasteiger partial charge on any atom is -0.351 e. The maximum absolute atomic E-state index is 4.30. The van der Waals surface area contributed by atoms with Gasteiger partial charge in [-0.1, -0.05) is 13.8 Å². The lowest BCUT2D eigenvalue weighted by molar-refractivity contribution is 0.640. The predicted octanol–water partition coefficient (Wildman–Crippen LogP) is 2.49. The number of nitrogens with zero attached hydrogens (tertiary/aromatic N) is 3. The second-order valence-corrected chi connectivity index (χ2v) is 4.12. The maximum atomic E-state index is 4.30. The topological polar surface area (TPSA) is 29.0 Å². The molecule has 3 atom stereocenters. The van der Waals surface area contributed by atoms with Crippen LogP contribution in [0.15, 0.2) is 18.6 Å². The second kappa shape index (κ2) is 4.17. The van der Waals surface area contributed by atoms with E-state index in [1.165, 1.54) is 12.8 Å². The van der Waals surface area contributed by atoms with Gasteiger partial charge in [0.05, 0.1) is 0 Å². The molecule has 2 heterocycles. The van der Waals surface area contributed by atoms with Crippen molar-refractivity contribution in [3.05, 3.63) is 18.6 Å². The minimum absolute atomic E-state index is 0.665. The Balaban J connectivity index is 0.000000404. The van der Waals surface area contributed by atoms with E-state index in [2.05, 4.69) is 21.8 Å². The van der Waals surface area contributed by atoms with Crippen LogP contribution in [0.1, 0.15) is 33.6 Å². The monoisotopic (exact) mass is 205 g/mol. The van der Waals surface area contributed by atoms with Crippen LogP contribution < -0.4 is 4.90 Å². The second-order valence-electron chi connectivity index (χ2n) is 4.12. The molecule has 1 aromatic heterocycles. The highest BCUT2D eigenvalue weighted by atomic mass is 15.3. The molecule has 1 saturated carbocycles. The van der Waals surface area contributed by atoms with Gasteiger partial charge in [-0.2, -0.15) is 0 Å². The van der Waals surface area contributed by atoms with Crippen LogP contribution in [0.2, 0.25) is 0 Å². The van der Waals surface area contributed by atoms with E-state index in [-0.39, 0.29) is 0 Å². The van der Waals surface area contributed by atoms with Gasteiger partial charge in [0.25, 0.3) is 0 Å². The van der Waals surface area contributed by atoms with E-state index < -0.39 is 0 Å². The lowest BCUT2D eigenvalue weighted by Crippen LogP contribution is -2.31. The fourth-order valence-corrected chi connectivity index (χ4v) is 2.54. The Labute approximate surface area is 91.5 Å². The Kier molecular flexibility index (Phi) is 2.89. The quantitative estimate of drug-likeness (QED) is 0.705. The summed E-state index contributed by atoms with van der Waals surface area (Å²) in [5.74, 6) is 2.05. The van der Waals surface area contributed by atoms with Crippen molar-refractivity contribution in [2.45, 2.75) is 45.7 Å². The van der Waals surface area contributed by atoms with Gasteiger partial charge in [0, 0.05) is 18.3 Å². The maximum Gasteiger partial charge on any atom is 0.132 e. The van der Waals surface area contributed by atoms with E-state index in [1.807, 2.05) is 26.1 Å². The van der Waals surface area contributed by atoms with Gasteiger partial charge in [0.1, 0.15) is 12.1 Å². The summed E-state index contributed by atoms with van der Waals surface area (Å²) < 4.78 is 0. The normalized spacial score (nSPS) is 31.7. The van der Waals surface area contributed by atoms with Crippen LogP contribution in [-0.4, -0.2) is 22.1 Å². The molecule has 1 aliphatic carbocycles. The van der Waals surface area contributed by atoms with E-state index >= 15 is 0 Å². The van der Waals surface area contributed by atoms with Crippen molar-refractivity contribution in [1.29, 1.82) is 0 Å². The Morgan fingerprint density at radius 3 is 2.67 bits per heavy atom. The zero-order valence-electron chi connectivity index (χ0n) is 9.72.